The summed E-state index contributed by atoms with van der Waals surface area (Å²) >= 11 is 7.43. The Hall–Kier alpha value is -2.12. The molecule has 3 heterocycles. The molecule has 3 rings (SSSR count). The molecule has 8 heteroatoms. The Kier molecular flexibility index (Phi) is 4.23. The molecule has 0 aliphatic rings. The molecule has 3 aromatic heterocycles. The van der Waals surface area contributed by atoms with Gasteiger partial charge in [0.05, 0.1) is 17.3 Å². The van der Waals surface area contributed by atoms with Gasteiger partial charge in [-0.15, -0.1) is 11.3 Å². The van der Waals surface area contributed by atoms with Crippen LogP contribution in [0.25, 0.3) is 0 Å². The lowest BCUT2D eigenvalue weighted by Gasteiger charge is -2.02. The molecule has 23 heavy (non-hydrogen) atoms. The molecule has 0 saturated carbocycles. The molecule has 6 nitrogen and oxygen atoms in total. The van der Waals surface area contributed by atoms with Crippen LogP contribution in [0.5, 0.6) is 0 Å². The molecule has 0 bridgehead atoms. The zero-order valence-electron chi connectivity index (χ0n) is 12.9. The molecule has 0 saturated heterocycles. The van der Waals surface area contributed by atoms with Crippen LogP contribution in [-0.2, 0) is 6.54 Å². The Morgan fingerprint density at radius 2 is 2.22 bits per heavy atom. The van der Waals surface area contributed by atoms with Crippen LogP contribution in [-0.4, -0.2) is 20.8 Å². The number of amides is 1. The Morgan fingerprint density at radius 3 is 2.83 bits per heavy atom. The number of hydrogen-bond donors (Lipinski definition) is 1. The number of carbonyl (C=O) groups is 1. The monoisotopic (exact) mass is 350 g/mol. The van der Waals surface area contributed by atoms with E-state index in [9.17, 15) is 4.79 Å². The Labute approximate surface area is 142 Å². The molecule has 0 atom stereocenters. The van der Waals surface area contributed by atoms with Crippen LogP contribution < -0.4 is 5.32 Å². The summed E-state index contributed by atoms with van der Waals surface area (Å²) in [5.41, 5.74) is 2.72. The van der Waals surface area contributed by atoms with E-state index in [1.165, 1.54) is 11.3 Å². The fraction of sp³-hybridized carbons (Fsp3) is 0.267. The Balaban J connectivity index is 1.72. The number of anilines is 1. The Bertz CT molecular complexity index is 845. The lowest BCUT2D eigenvalue weighted by Crippen LogP contribution is -2.12. The quantitative estimate of drug-likeness (QED) is 0.776. The minimum absolute atomic E-state index is 0.254. The molecular weight excluding hydrogens is 336 g/mol. The van der Waals surface area contributed by atoms with Crippen LogP contribution in [0.2, 0.25) is 5.02 Å². The van der Waals surface area contributed by atoms with Gasteiger partial charge in [0.1, 0.15) is 10.6 Å². The van der Waals surface area contributed by atoms with E-state index in [2.05, 4.69) is 15.6 Å². The van der Waals surface area contributed by atoms with Gasteiger partial charge < -0.3 is 9.84 Å². The number of nitrogens with one attached hydrogen (secondary N) is 1. The van der Waals surface area contributed by atoms with Gasteiger partial charge in [-0.25, -0.2) is 0 Å². The predicted octanol–water partition coefficient (Wildman–Crippen LogP) is 3.81. The standard InChI is InChI=1S/C15H15ClN4O2S/c1-8-7-23-14(13(8)16)15(21)17-12-4-5-20(18-12)6-11-9(2)19-22-10(11)3/h4-5,7H,6H2,1-3H3,(H,17,18,21). The van der Waals surface area contributed by atoms with Crippen molar-refractivity contribution in [1.29, 1.82) is 0 Å². The third-order valence-electron chi connectivity index (χ3n) is 3.49. The van der Waals surface area contributed by atoms with Gasteiger partial charge in [-0.1, -0.05) is 16.8 Å². The van der Waals surface area contributed by atoms with Gasteiger partial charge in [0.15, 0.2) is 5.82 Å². The van der Waals surface area contributed by atoms with E-state index in [0.717, 1.165) is 22.6 Å². The molecule has 0 fully saturated rings. The Morgan fingerprint density at radius 1 is 1.43 bits per heavy atom. The first-order chi connectivity index (χ1) is 11.0. The van der Waals surface area contributed by atoms with Crippen molar-refractivity contribution >= 4 is 34.7 Å². The summed E-state index contributed by atoms with van der Waals surface area (Å²) in [6.45, 7) is 6.16. The lowest BCUT2D eigenvalue weighted by molar-refractivity contribution is 0.103. The van der Waals surface area contributed by atoms with Crippen molar-refractivity contribution in [3.63, 3.8) is 0 Å². The summed E-state index contributed by atoms with van der Waals surface area (Å²) in [6, 6.07) is 1.74. The van der Waals surface area contributed by atoms with Crippen molar-refractivity contribution in [2.45, 2.75) is 27.3 Å². The van der Waals surface area contributed by atoms with Gasteiger partial charge in [0.25, 0.3) is 5.91 Å². The van der Waals surface area contributed by atoms with E-state index in [4.69, 9.17) is 16.1 Å². The second kappa shape index (κ2) is 6.17. The number of aryl methyl sites for hydroxylation is 3. The lowest BCUT2D eigenvalue weighted by atomic mass is 10.2. The van der Waals surface area contributed by atoms with Gasteiger partial charge in [-0.3, -0.25) is 9.48 Å². The van der Waals surface area contributed by atoms with Gasteiger partial charge in [0, 0.05) is 17.8 Å². The first-order valence-electron chi connectivity index (χ1n) is 6.96. The van der Waals surface area contributed by atoms with E-state index in [-0.39, 0.29) is 5.91 Å². The number of hydrogen-bond acceptors (Lipinski definition) is 5. The van der Waals surface area contributed by atoms with Gasteiger partial charge in [-0.05, 0) is 31.7 Å². The number of thiophene rings is 1. The predicted molar refractivity (Wildman–Crippen MR) is 89.3 cm³/mol. The summed E-state index contributed by atoms with van der Waals surface area (Å²) in [7, 11) is 0. The molecular formula is C15H15ClN4O2S. The van der Waals surface area contributed by atoms with Crippen LogP contribution in [0, 0.1) is 20.8 Å². The van der Waals surface area contributed by atoms with E-state index in [0.29, 0.717) is 22.3 Å². The molecule has 0 unspecified atom stereocenters. The molecule has 3 aromatic rings. The van der Waals surface area contributed by atoms with E-state index in [1.54, 1.807) is 16.9 Å². The van der Waals surface area contributed by atoms with Crippen LogP contribution in [0.1, 0.15) is 32.3 Å². The number of aromatic nitrogens is 3. The minimum Gasteiger partial charge on any atom is -0.361 e. The summed E-state index contributed by atoms with van der Waals surface area (Å²) in [5.74, 6) is 0.990. The van der Waals surface area contributed by atoms with Gasteiger partial charge in [-0.2, -0.15) is 5.10 Å². The summed E-state index contributed by atoms with van der Waals surface area (Å²) in [4.78, 5) is 12.7. The highest BCUT2D eigenvalue weighted by atomic mass is 35.5. The first-order valence-corrected chi connectivity index (χ1v) is 8.21. The number of halogens is 1. The summed E-state index contributed by atoms with van der Waals surface area (Å²) < 4.78 is 6.86. The van der Waals surface area contributed by atoms with Gasteiger partial charge in [0.2, 0.25) is 0 Å². The average Bonchev–Trinajstić information content (AvgIpc) is 3.17. The maximum atomic E-state index is 12.2. The van der Waals surface area contributed by atoms with Crippen LogP contribution >= 0.6 is 22.9 Å². The third-order valence-corrected chi connectivity index (χ3v) is 5.18. The normalized spacial score (nSPS) is 11.0. The molecule has 0 aromatic carbocycles. The molecule has 0 spiro atoms. The largest absolute Gasteiger partial charge is 0.361 e. The average molecular weight is 351 g/mol. The fourth-order valence-electron chi connectivity index (χ4n) is 2.16. The van der Waals surface area contributed by atoms with E-state index in [1.807, 2.05) is 26.2 Å². The summed E-state index contributed by atoms with van der Waals surface area (Å²) in [5, 5.41) is 13.4. The summed E-state index contributed by atoms with van der Waals surface area (Å²) in [6.07, 6.45) is 1.79. The highest BCUT2D eigenvalue weighted by Gasteiger charge is 2.16. The molecule has 0 aliphatic carbocycles. The highest BCUT2D eigenvalue weighted by Crippen LogP contribution is 2.27. The number of rotatable bonds is 4. The zero-order chi connectivity index (χ0) is 16.6. The topological polar surface area (TPSA) is 73.0 Å². The van der Waals surface area contributed by atoms with E-state index >= 15 is 0 Å². The maximum absolute atomic E-state index is 12.2. The van der Waals surface area contributed by atoms with Crippen molar-refractivity contribution < 1.29 is 9.32 Å². The van der Waals surface area contributed by atoms with Crippen molar-refractivity contribution in [3.05, 3.63) is 50.1 Å². The van der Waals surface area contributed by atoms with Crippen LogP contribution in [0.4, 0.5) is 5.82 Å². The molecule has 120 valence electrons. The maximum Gasteiger partial charge on any atom is 0.268 e. The SMILES string of the molecule is Cc1csc(C(=O)Nc2ccn(Cc3c(C)noc3C)n2)c1Cl. The van der Waals surface area contributed by atoms with Crippen LogP contribution in [0.3, 0.4) is 0 Å². The molecule has 1 N–H and O–H groups in total. The van der Waals surface area contributed by atoms with Crippen LogP contribution in [0.15, 0.2) is 22.2 Å². The second-order valence-corrected chi connectivity index (χ2v) is 6.47. The first kappa shape index (κ1) is 15.8. The molecule has 0 radical (unpaired) electrons. The number of carbonyl (C=O) groups excluding carboxylic acids is 1. The fourth-order valence-corrected chi connectivity index (χ4v) is 3.34. The molecule has 1 amide bonds. The minimum atomic E-state index is -0.254. The van der Waals surface area contributed by atoms with Crippen molar-refractivity contribution in [1.82, 2.24) is 14.9 Å². The highest BCUT2D eigenvalue weighted by molar-refractivity contribution is 7.13. The molecule has 0 aliphatic heterocycles. The number of nitrogens with zero attached hydrogens (tertiary/aromatic N) is 3. The van der Waals surface area contributed by atoms with Crippen molar-refractivity contribution in [2.75, 3.05) is 5.32 Å². The smallest absolute Gasteiger partial charge is 0.268 e. The van der Waals surface area contributed by atoms with Crippen molar-refractivity contribution in [3.8, 4) is 0 Å². The third kappa shape index (κ3) is 3.16. The zero-order valence-corrected chi connectivity index (χ0v) is 14.5. The second-order valence-electron chi connectivity index (χ2n) is 5.22. The van der Waals surface area contributed by atoms with Crippen molar-refractivity contribution in [2.24, 2.45) is 0 Å². The van der Waals surface area contributed by atoms with E-state index < -0.39 is 0 Å². The van der Waals surface area contributed by atoms with Gasteiger partial charge >= 0.3 is 0 Å².